The van der Waals surface area contributed by atoms with Gasteiger partial charge in [0, 0.05) is 22.9 Å². The molecular weight excluding hydrogens is 332 g/mol. The Labute approximate surface area is 150 Å². The minimum absolute atomic E-state index is 0.118. The molecule has 2 heterocycles. The van der Waals surface area contributed by atoms with Crippen molar-refractivity contribution in [1.82, 2.24) is 0 Å². The summed E-state index contributed by atoms with van der Waals surface area (Å²) in [4.78, 5) is 13.4. The maximum absolute atomic E-state index is 13.4. The molecule has 4 rings (SSSR count). The van der Waals surface area contributed by atoms with Gasteiger partial charge < -0.3 is 18.3 Å². The number of ketones is 1. The summed E-state index contributed by atoms with van der Waals surface area (Å²) in [6.07, 6.45) is 0. The van der Waals surface area contributed by atoms with E-state index in [0.29, 0.717) is 45.3 Å². The molecule has 0 amide bonds. The Morgan fingerprint density at radius 3 is 1.58 bits per heavy atom. The molecule has 0 unspecified atom stereocenters. The van der Waals surface area contributed by atoms with E-state index in [-0.39, 0.29) is 5.78 Å². The molecule has 4 aromatic rings. The first-order chi connectivity index (χ1) is 12.5. The van der Waals surface area contributed by atoms with Crippen molar-refractivity contribution in [2.45, 2.75) is 13.8 Å². The Morgan fingerprint density at radius 2 is 1.19 bits per heavy atom. The predicted molar refractivity (Wildman–Crippen MR) is 98.4 cm³/mol. The third kappa shape index (κ3) is 2.36. The fourth-order valence-corrected chi connectivity index (χ4v) is 3.34. The van der Waals surface area contributed by atoms with Crippen molar-refractivity contribution < 1.29 is 23.1 Å². The standard InChI is InChI=1S/C21H18O5/c1-11-19(15-7-5-13(23-3)9-17(15)25-11)21(22)20-12(2)26-18-10-14(24-4)6-8-16(18)20/h5-10H,1-4H3. The second-order valence-electron chi connectivity index (χ2n) is 6.12. The third-order valence-corrected chi connectivity index (χ3v) is 4.60. The number of hydrogen-bond acceptors (Lipinski definition) is 5. The summed E-state index contributed by atoms with van der Waals surface area (Å²) in [6.45, 7) is 3.58. The molecule has 0 aliphatic carbocycles. The summed E-state index contributed by atoms with van der Waals surface area (Å²) in [5.74, 6) is 2.39. The van der Waals surface area contributed by atoms with Crippen LogP contribution >= 0.6 is 0 Å². The molecular formula is C21H18O5. The molecule has 0 aliphatic rings. The number of carbonyl (C=O) groups excluding carboxylic acids is 1. The fraction of sp³-hybridized carbons (Fsp3) is 0.190. The van der Waals surface area contributed by atoms with E-state index >= 15 is 0 Å². The van der Waals surface area contributed by atoms with Crippen LogP contribution in [0.1, 0.15) is 27.4 Å². The zero-order valence-electron chi connectivity index (χ0n) is 15.0. The molecule has 2 aromatic heterocycles. The van der Waals surface area contributed by atoms with Gasteiger partial charge in [0.05, 0.1) is 25.3 Å². The molecule has 26 heavy (non-hydrogen) atoms. The molecule has 2 aromatic carbocycles. The number of benzene rings is 2. The molecule has 132 valence electrons. The average Bonchev–Trinajstić information content (AvgIpc) is 3.14. The van der Waals surface area contributed by atoms with Gasteiger partial charge in [-0.2, -0.15) is 0 Å². The molecule has 0 saturated carbocycles. The lowest BCUT2D eigenvalue weighted by Crippen LogP contribution is -2.03. The molecule has 0 saturated heterocycles. The van der Waals surface area contributed by atoms with E-state index < -0.39 is 0 Å². The maximum Gasteiger partial charge on any atom is 0.201 e. The van der Waals surface area contributed by atoms with Crippen molar-refractivity contribution in [1.29, 1.82) is 0 Å². The molecule has 0 bridgehead atoms. The van der Waals surface area contributed by atoms with E-state index in [1.54, 1.807) is 40.2 Å². The lowest BCUT2D eigenvalue weighted by Gasteiger charge is -2.02. The van der Waals surface area contributed by atoms with E-state index in [1.165, 1.54) is 0 Å². The maximum atomic E-state index is 13.4. The van der Waals surface area contributed by atoms with Gasteiger partial charge in [0.15, 0.2) is 0 Å². The first-order valence-electron chi connectivity index (χ1n) is 8.22. The fourth-order valence-electron chi connectivity index (χ4n) is 3.34. The molecule has 5 nitrogen and oxygen atoms in total. The summed E-state index contributed by atoms with van der Waals surface area (Å²) in [5.41, 5.74) is 2.34. The van der Waals surface area contributed by atoms with Crippen molar-refractivity contribution >= 4 is 27.7 Å². The van der Waals surface area contributed by atoms with Gasteiger partial charge in [-0.1, -0.05) is 0 Å². The normalized spacial score (nSPS) is 11.2. The lowest BCUT2D eigenvalue weighted by molar-refractivity contribution is 0.103. The van der Waals surface area contributed by atoms with E-state index in [9.17, 15) is 4.79 Å². The summed E-state index contributed by atoms with van der Waals surface area (Å²) >= 11 is 0. The van der Waals surface area contributed by atoms with Gasteiger partial charge in [0.2, 0.25) is 5.78 Å². The van der Waals surface area contributed by atoms with Gasteiger partial charge >= 0.3 is 0 Å². The number of carbonyl (C=O) groups is 1. The number of fused-ring (bicyclic) bond motifs is 2. The topological polar surface area (TPSA) is 61.8 Å². The highest BCUT2D eigenvalue weighted by molar-refractivity contribution is 6.22. The zero-order valence-corrected chi connectivity index (χ0v) is 15.0. The van der Waals surface area contributed by atoms with Crippen LogP contribution in [0, 0.1) is 13.8 Å². The van der Waals surface area contributed by atoms with Crippen molar-refractivity contribution in [3.63, 3.8) is 0 Å². The van der Waals surface area contributed by atoms with Gasteiger partial charge in [-0.3, -0.25) is 4.79 Å². The van der Waals surface area contributed by atoms with Crippen LogP contribution in [0.3, 0.4) is 0 Å². The van der Waals surface area contributed by atoms with Gasteiger partial charge in [-0.15, -0.1) is 0 Å². The highest BCUT2D eigenvalue weighted by atomic mass is 16.5. The van der Waals surface area contributed by atoms with Gasteiger partial charge in [0.25, 0.3) is 0 Å². The Balaban J connectivity index is 1.91. The highest BCUT2D eigenvalue weighted by Gasteiger charge is 2.25. The largest absolute Gasteiger partial charge is 0.497 e. The Kier molecular flexibility index (Phi) is 3.72. The van der Waals surface area contributed by atoms with E-state index in [0.717, 1.165) is 10.8 Å². The minimum atomic E-state index is -0.118. The number of rotatable bonds is 4. The highest BCUT2D eigenvalue weighted by Crippen LogP contribution is 2.35. The van der Waals surface area contributed by atoms with Crippen LogP contribution in [0.5, 0.6) is 11.5 Å². The summed E-state index contributed by atoms with van der Waals surface area (Å²) in [7, 11) is 3.19. The van der Waals surface area contributed by atoms with E-state index in [4.69, 9.17) is 18.3 Å². The Bertz CT molecular complexity index is 1060. The number of aryl methyl sites for hydroxylation is 2. The van der Waals surface area contributed by atoms with Crippen molar-refractivity contribution in [2.24, 2.45) is 0 Å². The van der Waals surface area contributed by atoms with E-state index in [2.05, 4.69) is 0 Å². The Morgan fingerprint density at radius 1 is 0.769 bits per heavy atom. The van der Waals surface area contributed by atoms with Crippen molar-refractivity contribution in [3.8, 4) is 11.5 Å². The minimum Gasteiger partial charge on any atom is -0.497 e. The molecule has 0 atom stereocenters. The van der Waals surface area contributed by atoms with Crippen LogP contribution in [0.25, 0.3) is 21.9 Å². The second kappa shape index (κ2) is 5.95. The summed E-state index contributed by atoms with van der Waals surface area (Å²) in [5, 5.41) is 1.52. The summed E-state index contributed by atoms with van der Waals surface area (Å²) in [6, 6.07) is 10.9. The smallest absolute Gasteiger partial charge is 0.201 e. The SMILES string of the molecule is COc1ccc2c(C(=O)c3c(C)oc4cc(OC)ccc34)c(C)oc2c1. The third-order valence-electron chi connectivity index (χ3n) is 4.60. The van der Waals surface area contributed by atoms with Crippen LogP contribution in [-0.4, -0.2) is 20.0 Å². The molecule has 0 fully saturated rings. The van der Waals surface area contributed by atoms with Crippen molar-refractivity contribution in [3.05, 3.63) is 59.0 Å². The van der Waals surface area contributed by atoms with Crippen LogP contribution in [0.2, 0.25) is 0 Å². The van der Waals surface area contributed by atoms with Gasteiger partial charge in [0.1, 0.15) is 34.2 Å². The second-order valence-corrected chi connectivity index (χ2v) is 6.12. The Hall–Kier alpha value is -3.21. The number of furan rings is 2. The van der Waals surface area contributed by atoms with Gasteiger partial charge in [-0.05, 0) is 38.1 Å². The number of hydrogen-bond donors (Lipinski definition) is 0. The number of methoxy groups -OCH3 is 2. The first-order valence-corrected chi connectivity index (χ1v) is 8.22. The number of ether oxygens (including phenoxy) is 2. The monoisotopic (exact) mass is 350 g/mol. The molecule has 0 aliphatic heterocycles. The van der Waals surface area contributed by atoms with Crippen molar-refractivity contribution in [2.75, 3.05) is 14.2 Å². The molecule has 0 spiro atoms. The quantitative estimate of drug-likeness (QED) is 0.482. The predicted octanol–water partition coefficient (Wildman–Crippen LogP) is 5.04. The average molecular weight is 350 g/mol. The van der Waals surface area contributed by atoms with Gasteiger partial charge in [-0.25, -0.2) is 0 Å². The van der Waals surface area contributed by atoms with Crippen LogP contribution in [0.4, 0.5) is 0 Å². The van der Waals surface area contributed by atoms with Crippen LogP contribution in [0.15, 0.2) is 45.2 Å². The molecule has 0 N–H and O–H groups in total. The summed E-state index contributed by atoms with van der Waals surface area (Å²) < 4.78 is 22.1. The zero-order chi connectivity index (χ0) is 18.4. The van der Waals surface area contributed by atoms with Crippen LogP contribution in [-0.2, 0) is 0 Å². The lowest BCUT2D eigenvalue weighted by atomic mass is 9.98. The van der Waals surface area contributed by atoms with E-state index in [1.807, 2.05) is 24.3 Å². The molecule has 0 radical (unpaired) electrons. The first kappa shape index (κ1) is 16.3. The molecule has 5 heteroatoms. The van der Waals surface area contributed by atoms with Crippen LogP contribution < -0.4 is 9.47 Å².